The average molecular weight is 558 g/mol. The maximum Gasteiger partial charge on any atom is 0.338 e. The van der Waals surface area contributed by atoms with Gasteiger partial charge in [-0.25, -0.2) is 9.78 Å². The van der Waals surface area contributed by atoms with Crippen molar-refractivity contribution in [1.29, 1.82) is 5.26 Å². The number of nitriles is 1. The van der Waals surface area contributed by atoms with E-state index in [-0.39, 0.29) is 5.97 Å². The van der Waals surface area contributed by atoms with Crippen molar-refractivity contribution in [3.8, 4) is 6.07 Å². The lowest BCUT2D eigenvalue weighted by molar-refractivity contribution is 0.0499. The maximum absolute atomic E-state index is 12.3. The minimum absolute atomic E-state index is 0.338. The van der Waals surface area contributed by atoms with Gasteiger partial charge in [-0.05, 0) is 86.9 Å². The number of unbranched alkanes of at least 4 members (excludes halogenated alkanes) is 1. The molecule has 0 bridgehead atoms. The number of thiophene rings is 1. The zero-order valence-corrected chi connectivity index (χ0v) is 24.2. The summed E-state index contributed by atoms with van der Waals surface area (Å²) >= 11 is 2.97. The molecule has 0 fully saturated rings. The van der Waals surface area contributed by atoms with Crippen molar-refractivity contribution in [2.24, 2.45) is 10.2 Å². The molecule has 0 spiro atoms. The molecule has 0 saturated carbocycles. The Balaban J connectivity index is 1.47. The Hall–Kier alpha value is -3.87. The Bertz CT molecular complexity index is 1510. The first-order valence-electron chi connectivity index (χ1n) is 13.0. The number of carbonyl (C=O) groups is 1. The van der Waals surface area contributed by atoms with Crippen LogP contribution in [0, 0.1) is 18.3 Å². The minimum atomic E-state index is -0.338. The zero-order valence-electron chi connectivity index (χ0n) is 22.6. The molecule has 0 radical (unpaired) electrons. The van der Waals surface area contributed by atoms with Gasteiger partial charge in [0.2, 0.25) is 5.13 Å². The summed E-state index contributed by atoms with van der Waals surface area (Å²) in [7, 11) is 0. The number of carbonyl (C=O) groups excluding carboxylic acids is 1. The van der Waals surface area contributed by atoms with Crippen LogP contribution < -0.4 is 4.90 Å². The van der Waals surface area contributed by atoms with Crippen molar-refractivity contribution in [3.05, 3.63) is 70.1 Å². The van der Waals surface area contributed by atoms with Crippen molar-refractivity contribution < 1.29 is 9.53 Å². The molecule has 0 aliphatic rings. The number of nitrogens with zero attached hydrogens (tertiary/aromatic N) is 5. The van der Waals surface area contributed by atoms with Crippen LogP contribution in [0.15, 0.2) is 58.8 Å². The normalized spacial score (nSPS) is 11.7. The van der Waals surface area contributed by atoms with Crippen molar-refractivity contribution in [3.63, 3.8) is 0 Å². The van der Waals surface area contributed by atoms with E-state index >= 15 is 0 Å². The number of thiazole rings is 1. The predicted octanol–water partition coefficient (Wildman–Crippen LogP) is 8.95. The average Bonchev–Trinajstić information content (AvgIpc) is 3.50. The number of rotatable bonds is 11. The third kappa shape index (κ3) is 6.96. The Labute approximate surface area is 237 Å². The van der Waals surface area contributed by atoms with Gasteiger partial charge in [-0.15, -0.1) is 21.6 Å². The summed E-state index contributed by atoms with van der Waals surface area (Å²) in [4.78, 5) is 21.0. The van der Waals surface area contributed by atoms with Crippen molar-refractivity contribution in [1.82, 2.24) is 4.98 Å². The molecule has 39 heavy (non-hydrogen) atoms. The highest BCUT2D eigenvalue weighted by Gasteiger charge is 2.13. The number of hydrogen-bond acceptors (Lipinski definition) is 9. The van der Waals surface area contributed by atoms with Crippen LogP contribution in [0.1, 0.15) is 60.0 Å². The van der Waals surface area contributed by atoms with E-state index in [2.05, 4.69) is 52.2 Å². The molecule has 200 valence electrons. The smallest absolute Gasteiger partial charge is 0.338 e. The molecule has 0 amide bonds. The van der Waals surface area contributed by atoms with Gasteiger partial charge in [-0.3, -0.25) is 0 Å². The number of ether oxygens (including phenoxy) is 1. The van der Waals surface area contributed by atoms with Crippen LogP contribution in [0.3, 0.4) is 0 Å². The molecule has 0 unspecified atom stereocenters. The summed E-state index contributed by atoms with van der Waals surface area (Å²) < 4.78 is 6.30. The highest BCUT2D eigenvalue weighted by Crippen LogP contribution is 2.36. The lowest BCUT2D eigenvalue weighted by Gasteiger charge is -2.20. The van der Waals surface area contributed by atoms with Gasteiger partial charge in [0.25, 0.3) is 0 Å². The van der Waals surface area contributed by atoms with Crippen LogP contribution in [0.5, 0.6) is 0 Å². The van der Waals surface area contributed by atoms with Crippen LogP contribution >= 0.6 is 22.7 Å². The Kier molecular flexibility index (Phi) is 9.58. The second-order valence-electron chi connectivity index (χ2n) is 8.89. The number of hydrogen-bond donors (Lipinski definition) is 0. The highest BCUT2D eigenvalue weighted by molar-refractivity contribution is 7.29. The number of esters is 1. The number of azo groups is 1. The van der Waals surface area contributed by atoms with Gasteiger partial charge in [-0.1, -0.05) is 30.7 Å². The van der Waals surface area contributed by atoms with Gasteiger partial charge in [-0.2, -0.15) is 5.26 Å². The van der Waals surface area contributed by atoms with E-state index in [1.54, 1.807) is 12.1 Å². The maximum atomic E-state index is 12.3. The van der Waals surface area contributed by atoms with Crippen LogP contribution in [0.4, 0.5) is 16.5 Å². The molecule has 4 rings (SSSR count). The second-order valence-corrected chi connectivity index (χ2v) is 11.0. The molecular weight excluding hydrogens is 526 g/mol. The predicted molar refractivity (Wildman–Crippen MR) is 162 cm³/mol. The molecule has 0 aliphatic heterocycles. The minimum Gasteiger partial charge on any atom is -0.462 e. The molecule has 2 heterocycles. The molecule has 7 nitrogen and oxygen atoms in total. The molecule has 9 heteroatoms. The molecule has 4 aromatic rings. The third-order valence-corrected chi connectivity index (χ3v) is 8.21. The van der Waals surface area contributed by atoms with E-state index in [4.69, 9.17) is 4.74 Å². The Morgan fingerprint density at radius 3 is 2.49 bits per heavy atom. The van der Waals surface area contributed by atoms with Gasteiger partial charge in [0.05, 0.1) is 34.2 Å². The van der Waals surface area contributed by atoms with Gasteiger partial charge in [0.15, 0.2) is 0 Å². The number of allylic oxidation sites excluding steroid dienone is 1. The molecule has 2 aromatic carbocycles. The topological polar surface area (TPSA) is 90.9 Å². The first kappa shape index (κ1) is 28.1. The Morgan fingerprint density at radius 1 is 1.08 bits per heavy atom. The SMILES string of the molecule is CCCCOC(=O)c1ccc(/C(C#N)=C/c2cc3sc(/N=N/c4ccc(N(CC)CC)cc4)nc3s2)c(C)c1. The number of aromatic nitrogens is 1. The summed E-state index contributed by atoms with van der Waals surface area (Å²) in [5.74, 6) is -0.338. The van der Waals surface area contributed by atoms with E-state index in [0.717, 1.165) is 57.2 Å². The summed E-state index contributed by atoms with van der Waals surface area (Å²) in [6.07, 6.45) is 3.67. The standard InChI is InChI=1S/C30H31N5O2S2/c1-5-8-15-37-29(36)21-9-14-26(20(4)16-21)22(19-31)17-25-18-27-28(38-25)32-30(39-27)34-33-23-10-12-24(13-11-23)35(6-2)7-3/h9-14,16-18H,5-8,15H2,1-4H3/b22-17+,34-33+. The Morgan fingerprint density at radius 2 is 1.85 bits per heavy atom. The van der Waals surface area contributed by atoms with Crippen LogP contribution in [-0.2, 0) is 4.74 Å². The zero-order chi connectivity index (χ0) is 27.8. The molecular formula is C30H31N5O2S2. The van der Waals surface area contributed by atoms with E-state index in [9.17, 15) is 10.1 Å². The fourth-order valence-corrected chi connectivity index (χ4v) is 6.06. The van der Waals surface area contributed by atoms with E-state index in [1.165, 1.54) is 28.4 Å². The van der Waals surface area contributed by atoms with Crippen LogP contribution in [0.2, 0.25) is 0 Å². The number of fused-ring (bicyclic) bond motifs is 1. The first-order chi connectivity index (χ1) is 18.9. The lowest BCUT2D eigenvalue weighted by Crippen LogP contribution is -2.21. The number of benzene rings is 2. The molecule has 0 N–H and O–H groups in total. The summed E-state index contributed by atoms with van der Waals surface area (Å²) in [5, 5.41) is 19.1. The fourth-order valence-electron chi connectivity index (χ4n) is 4.07. The number of aryl methyl sites for hydroxylation is 1. The van der Waals surface area contributed by atoms with Gasteiger partial charge < -0.3 is 9.64 Å². The molecule has 0 saturated heterocycles. The van der Waals surface area contributed by atoms with Crippen molar-refractivity contribution in [2.75, 3.05) is 24.6 Å². The first-order valence-corrected chi connectivity index (χ1v) is 14.7. The quantitative estimate of drug-likeness (QED) is 0.0794. The van der Waals surface area contributed by atoms with Gasteiger partial charge in [0, 0.05) is 23.7 Å². The largest absolute Gasteiger partial charge is 0.462 e. The third-order valence-electron chi connectivity index (χ3n) is 6.22. The lowest BCUT2D eigenvalue weighted by atomic mass is 9.98. The van der Waals surface area contributed by atoms with Gasteiger partial charge in [0.1, 0.15) is 4.83 Å². The van der Waals surface area contributed by atoms with E-state index in [1.807, 2.05) is 44.2 Å². The summed E-state index contributed by atoms with van der Waals surface area (Å²) in [5.41, 5.74) is 4.60. The fraction of sp³-hybridized carbons (Fsp3) is 0.300. The second kappa shape index (κ2) is 13.3. The molecule has 0 atom stereocenters. The van der Waals surface area contributed by atoms with Crippen molar-refractivity contribution in [2.45, 2.75) is 40.5 Å². The van der Waals surface area contributed by atoms with E-state index in [0.29, 0.717) is 22.9 Å². The summed E-state index contributed by atoms with van der Waals surface area (Å²) in [6, 6.07) is 17.7. The highest BCUT2D eigenvalue weighted by atomic mass is 32.1. The summed E-state index contributed by atoms with van der Waals surface area (Å²) in [6.45, 7) is 10.6. The van der Waals surface area contributed by atoms with Crippen LogP contribution in [-0.4, -0.2) is 30.6 Å². The van der Waals surface area contributed by atoms with Crippen molar-refractivity contribution >= 4 is 66.3 Å². The number of anilines is 1. The monoisotopic (exact) mass is 557 g/mol. The molecule has 2 aromatic heterocycles. The molecule has 0 aliphatic carbocycles. The van der Waals surface area contributed by atoms with Crippen LogP contribution in [0.25, 0.3) is 21.2 Å². The van der Waals surface area contributed by atoms with Gasteiger partial charge >= 0.3 is 5.97 Å². The van der Waals surface area contributed by atoms with E-state index < -0.39 is 0 Å².